The molecule has 3 rings (SSSR count). The normalized spacial score (nSPS) is 24.5. The average Bonchev–Trinajstić information content (AvgIpc) is 2.87. The van der Waals surface area contributed by atoms with Gasteiger partial charge in [-0.2, -0.15) is 0 Å². The minimum atomic E-state index is -0.804. The Morgan fingerprint density at radius 2 is 2.04 bits per heavy atom. The van der Waals surface area contributed by atoms with E-state index < -0.39 is 11.7 Å². The fraction of sp³-hybridized carbons (Fsp3) is 0.500. The van der Waals surface area contributed by atoms with Gasteiger partial charge in [-0.25, -0.2) is 4.79 Å². The summed E-state index contributed by atoms with van der Waals surface area (Å²) < 4.78 is 16.9. The number of hydrogen-bond acceptors (Lipinski definition) is 5. The molecule has 1 aliphatic heterocycles. The molecular formula is C20H23ClINO5. The summed E-state index contributed by atoms with van der Waals surface area (Å²) in [5, 5.41) is 3.68. The van der Waals surface area contributed by atoms with Gasteiger partial charge in [0.25, 0.3) is 5.91 Å². The Kier molecular flexibility index (Phi) is 6.56. The molecule has 1 fully saturated rings. The minimum Gasteiger partial charge on any atom is -0.434 e. The van der Waals surface area contributed by atoms with E-state index in [0.717, 1.165) is 27.5 Å². The van der Waals surface area contributed by atoms with Crippen molar-refractivity contribution in [2.24, 2.45) is 0 Å². The van der Waals surface area contributed by atoms with Crippen LogP contribution in [-0.2, 0) is 19.0 Å². The highest BCUT2D eigenvalue weighted by Crippen LogP contribution is 2.45. The van der Waals surface area contributed by atoms with E-state index in [-0.39, 0.29) is 18.6 Å². The van der Waals surface area contributed by atoms with Crippen molar-refractivity contribution in [1.82, 2.24) is 5.32 Å². The van der Waals surface area contributed by atoms with Crippen molar-refractivity contribution in [2.75, 3.05) is 13.7 Å². The van der Waals surface area contributed by atoms with Gasteiger partial charge in [-0.15, -0.1) is 0 Å². The molecule has 1 aromatic rings. The molecule has 0 radical (unpaired) electrons. The van der Waals surface area contributed by atoms with E-state index in [1.807, 2.05) is 6.92 Å². The van der Waals surface area contributed by atoms with E-state index in [2.05, 4.69) is 27.9 Å². The number of nitrogens with one attached hydrogen (secondary N) is 1. The molecular weight excluding hydrogens is 497 g/mol. The zero-order valence-corrected chi connectivity index (χ0v) is 19.0. The lowest BCUT2D eigenvalue weighted by atomic mass is 9.79. The van der Waals surface area contributed by atoms with Gasteiger partial charge in [0.15, 0.2) is 0 Å². The number of carbonyl (C=O) groups excluding carboxylic acids is 2. The van der Waals surface area contributed by atoms with E-state index >= 15 is 0 Å². The van der Waals surface area contributed by atoms with Gasteiger partial charge >= 0.3 is 6.16 Å². The van der Waals surface area contributed by atoms with E-state index in [9.17, 15) is 9.59 Å². The van der Waals surface area contributed by atoms with Gasteiger partial charge in [0.05, 0.1) is 23.8 Å². The highest BCUT2D eigenvalue weighted by atomic mass is 127. The first-order valence-corrected chi connectivity index (χ1v) is 10.7. The molecule has 0 unspecified atom stereocenters. The maximum absolute atomic E-state index is 13.1. The Morgan fingerprint density at radius 3 is 2.61 bits per heavy atom. The Labute approximate surface area is 183 Å². The van der Waals surface area contributed by atoms with Crippen LogP contribution in [0.3, 0.4) is 0 Å². The lowest BCUT2D eigenvalue weighted by molar-refractivity contribution is -0.116. The molecule has 1 saturated carbocycles. The quantitative estimate of drug-likeness (QED) is 0.465. The molecule has 0 bridgehead atoms. The van der Waals surface area contributed by atoms with Gasteiger partial charge in [0.2, 0.25) is 0 Å². The van der Waals surface area contributed by atoms with Crippen molar-refractivity contribution >= 4 is 51.8 Å². The molecule has 1 amide bonds. The number of rotatable bonds is 4. The van der Waals surface area contributed by atoms with Crippen LogP contribution in [0.2, 0.25) is 5.02 Å². The van der Waals surface area contributed by atoms with Gasteiger partial charge in [0, 0.05) is 21.3 Å². The van der Waals surface area contributed by atoms with Crippen LogP contribution in [0.5, 0.6) is 0 Å². The molecule has 152 valence electrons. The molecule has 2 aliphatic rings. The summed E-state index contributed by atoms with van der Waals surface area (Å²) in [6.07, 6.45) is 2.10. The van der Waals surface area contributed by atoms with Gasteiger partial charge in [-0.05, 0) is 79.8 Å². The van der Waals surface area contributed by atoms with Crippen molar-refractivity contribution in [3.63, 3.8) is 0 Å². The smallest absolute Gasteiger partial charge is 0.434 e. The lowest BCUT2D eigenvalue weighted by Crippen LogP contribution is -2.49. The first-order chi connectivity index (χ1) is 13.3. The summed E-state index contributed by atoms with van der Waals surface area (Å²) in [6.45, 7) is 3.79. The first kappa shape index (κ1) is 21.4. The van der Waals surface area contributed by atoms with Crippen LogP contribution in [0.25, 0.3) is 5.57 Å². The van der Waals surface area contributed by atoms with Gasteiger partial charge < -0.3 is 19.5 Å². The minimum absolute atomic E-state index is 0.132. The zero-order chi connectivity index (χ0) is 20.5. The van der Waals surface area contributed by atoms with E-state index in [1.54, 1.807) is 26.2 Å². The highest BCUT2D eigenvalue weighted by Gasteiger charge is 2.50. The third kappa shape index (κ3) is 4.02. The number of aryl methyl sites for hydroxylation is 1. The molecule has 0 atom stereocenters. The van der Waals surface area contributed by atoms with Crippen LogP contribution in [0, 0.1) is 10.5 Å². The molecule has 1 aliphatic carbocycles. The van der Waals surface area contributed by atoms with Crippen LogP contribution in [0.1, 0.15) is 43.7 Å². The fourth-order valence-corrected chi connectivity index (χ4v) is 5.46. The number of amides is 1. The Hall–Kier alpha value is -1.32. The predicted octanol–water partition coefficient (Wildman–Crippen LogP) is 4.59. The maximum atomic E-state index is 13.1. The Bertz CT molecular complexity index is 807. The van der Waals surface area contributed by atoms with Crippen LogP contribution in [-0.4, -0.2) is 37.4 Å². The summed E-state index contributed by atoms with van der Waals surface area (Å²) in [6, 6.07) is 3.59. The van der Waals surface area contributed by atoms with Gasteiger partial charge in [-0.1, -0.05) is 11.6 Å². The Balaban J connectivity index is 2.12. The zero-order valence-electron chi connectivity index (χ0n) is 16.1. The van der Waals surface area contributed by atoms with E-state index in [4.69, 9.17) is 25.8 Å². The second kappa shape index (κ2) is 8.59. The van der Waals surface area contributed by atoms with Crippen LogP contribution >= 0.6 is 34.2 Å². The fourth-order valence-electron chi connectivity index (χ4n) is 3.98. The average molecular weight is 520 g/mol. The number of carbonyl (C=O) groups is 2. The summed E-state index contributed by atoms with van der Waals surface area (Å²) >= 11 is 8.31. The van der Waals surface area contributed by atoms with Crippen molar-refractivity contribution in [3.05, 3.63) is 37.6 Å². The molecule has 1 heterocycles. The molecule has 0 saturated heterocycles. The van der Waals surface area contributed by atoms with E-state index in [1.165, 1.54) is 0 Å². The van der Waals surface area contributed by atoms with Crippen molar-refractivity contribution in [3.8, 4) is 0 Å². The number of methoxy groups -OCH3 is 1. The van der Waals surface area contributed by atoms with Crippen LogP contribution in [0.4, 0.5) is 4.79 Å². The third-order valence-electron chi connectivity index (χ3n) is 5.31. The third-order valence-corrected chi connectivity index (χ3v) is 6.38. The largest absolute Gasteiger partial charge is 0.513 e. The first-order valence-electron chi connectivity index (χ1n) is 9.22. The second-order valence-corrected chi connectivity index (χ2v) is 8.64. The molecule has 6 nitrogen and oxygen atoms in total. The molecule has 8 heteroatoms. The highest BCUT2D eigenvalue weighted by molar-refractivity contribution is 14.1. The SMILES string of the molecule is CCOC(=O)OC1=C(c2c(C)cc(Cl)cc2I)C(=O)NC12CCC(OC)CC2. The second-order valence-electron chi connectivity index (χ2n) is 7.04. The number of benzene rings is 1. The van der Waals surface area contributed by atoms with Crippen LogP contribution < -0.4 is 5.32 Å². The standard InChI is InChI=1S/C20H23ClINO5/c1-4-27-19(25)28-17-16(15-11(2)9-12(21)10-14(15)22)18(24)23-20(17)7-5-13(26-3)6-8-20/h9-10,13H,4-8H2,1-3H3,(H,23,24). The summed E-state index contributed by atoms with van der Waals surface area (Å²) in [5.41, 5.74) is 1.22. The maximum Gasteiger partial charge on any atom is 0.513 e. The lowest BCUT2D eigenvalue weighted by Gasteiger charge is -2.37. The van der Waals surface area contributed by atoms with Gasteiger partial charge in [-0.3, -0.25) is 4.79 Å². The summed E-state index contributed by atoms with van der Waals surface area (Å²) in [7, 11) is 1.69. The van der Waals surface area contributed by atoms with Gasteiger partial charge in [0.1, 0.15) is 5.76 Å². The monoisotopic (exact) mass is 519 g/mol. The topological polar surface area (TPSA) is 73.9 Å². The number of ether oxygens (including phenoxy) is 3. The molecule has 28 heavy (non-hydrogen) atoms. The summed E-state index contributed by atoms with van der Waals surface area (Å²) in [5.74, 6) is 0.0901. The molecule has 1 spiro atoms. The summed E-state index contributed by atoms with van der Waals surface area (Å²) in [4.78, 5) is 25.3. The van der Waals surface area contributed by atoms with Crippen LogP contribution in [0.15, 0.2) is 17.9 Å². The molecule has 0 aromatic heterocycles. The number of halogens is 2. The van der Waals surface area contributed by atoms with Crippen molar-refractivity contribution in [2.45, 2.75) is 51.2 Å². The predicted molar refractivity (Wildman–Crippen MR) is 114 cm³/mol. The van der Waals surface area contributed by atoms with E-state index in [0.29, 0.717) is 29.2 Å². The Morgan fingerprint density at radius 1 is 1.36 bits per heavy atom. The molecule has 1 N–H and O–H groups in total. The molecule has 1 aromatic carbocycles. The number of hydrogen-bond donors (Lipinski definition) is 1. The van der Waals surface area contributed by atoms with Crippen molar-refractivity contribution < 1.29 is 23.8 Å². The van der Waals surface area contributed by atoms with Crippen molar-refractivity contribution in [1.29, 1.82) is 0 Å².